The van der Waals surface area contributed by atoms with Crippen molar-refractivity contribution in [3.63, 3.8) is 0 Å². The van der Waals surface area contributed by atoms with Crippen molar-refractivity contribution in [2.45, 2.75) is 37.6 Å². The maximum Gasteiger partial charge on any atom is 0.240 e. The van der Waals surface area contributed by atoms with Crippen LogP contribution in [-0.4, -0.2) is 34.7 Å². The third kappa shape index (κ3) is 5.11. The molecule has 0 fully saturated rings. The predicted octanol–water partition coefficient (Wildman–Crippen LogP) is 1.75. The van der Waals surface area contributed by atoms with Crippen molar-refractivity contribution < 1.29 is 13.2 Å². The summed E-state index contributed by atoms with van der Waals surface area (Å²) in [6.07, 6.45) is 1.56. The van der Waals surface area contributed by atoms with Gasteiger partial charge >= 0.3 is 0 Å². The Kier molecular flexibility index (Phi) is 6.98. The molecule has 0 saturated heterocycles. The Bertz CT molecular complexity index is 482. The van der Waals surface area contributed by atoms with Gasteiger partial charge in [0.1, 0.15) is 12.4 Å². The zero-order chi connectivity index (χ0) is 15.0. The predicted molar refractivity (Wildman–Crippen MR) is 80.6 cm³/mol. The van der Waals surface area contributed by atoms with Gasteiger partial charge in [-0.15, -0.1) is 0 Å². The highest BCUT2D eigenvalue weighted by atomic mass is 32.2. The normalized spacial score (nSPS) is 11.8. The van der Waals surface area contributed by atoms with Crippen molar-refractivity contribution in [1.29, 1.82) is 0 Å². The molecule has 1 rings (SSSR count). The summed E-state index contributed by atoms with van der Waals surface area (Å²) in [6, 6.07) is 6.47. The van der Waals surface area contributed by atoms with Gasteiger partial charge in [-0.05, 0) is 44.2 Å². The van der Waals surface area contributed by atoms with E-state index in [0.29, 0.717) is 12.4 Å². The van der Waals surface area contributed by atoms with Crippen molar-refractivity contribution in [1.82, 2.24) is 10.0 Å². The summed E-state index contributed by atoms with van der Waals surface area (Å²) < 4.78 is 32.5. The lowest BCUT2D eigenvalue weighted by molar-refractivity contribution is 0.318. The standard InChI is InChI=1S/C14H24N2O3S/c1-4-12(5-2)16-20(17,18)14-8-6-13(7-9-14)19-11-10-15-3/h6-9,12,15-16H,4-5,10-11H2,1-3H3. The van der Waals surface area contributed by atoms with Crippen molar-refractivity contribution in [2.75, 3.05) is 20.2 Å². The van der Waals surface area contributed by atoms with Gasteiger partial charge in [0.2, 0.25) is 10.0 Å². The molecule has 0 aliphatic rings. The number of hydrogen-bond donors (Lipinski definition) is 2. The van der Waals surface area contributed by atoms with E-state index in [1.165, 1.54) is 0 Å². The molecule has 0 radical (unpaired) electrons. The Morgan fingerprint density at radius 1 is 1.15 bits per heavy atom. The largest absolute Gasteiger partial charge is 0.492 e. The number of nitrogens with one attached hydrogen (secondary N) is 2. The van der Waals surface area contributed by atoms with Gasteiger partial charge in [0.25, 0.3) is 0 Å². The number of likely N-dealkylation sites (N-methyl/N-ethyl adjacent to an activating group) is 1. The van der Waals surface area contributed by atoms with Gasteiger partial charge in [-0.3, -0.25) is 0 Å². The second kappa shape index (κ2) is 8.24. The maximum atomic E-state index is 12.2. The van der Waals surface area contributed by atoms with Crippen LogP contribution < -0.4 is 14.8 Å². The Morgan fingerprint density at radius 3 is 2.25 bits per heavy atom. The SMILES string of the molecule is CCC(CC)NS(=O)(=O)c1ccc(OCCNC)cc1. The maximum absolute atomic E-state index is 12.2. The van der Waals surface area contributed by atoms with Crippen LogP contribution in [0.15, 0.2) is 29.2 Å². The average Bonchev–Trinajstić information content (AvgIpc) is 2.45. The number of sulfonamides is 1. The summed E-state index contributed by atoms with van der Waals surface area (Å²) in [5.74, 6) is 0.668. The fraction of sp³-hybridized carbons (Fsp3) is 0.571. The molecule has 0 aromatic heterocycles. The van der Waals surface area contributed by atoms with Crippen molar-refractivity contribution >= 4 is 10.0 Å². The van der Waals surface area contributed by atoms with Crippen LogP contribution in [0.4, 0.5) is 0 Å². The molecule has 1 aromatic rings. The Hall–Kier alpha value is -1.11. The topological polar surface area (TPSA) is 67.4 Å². The summed E-state index contributed by atoms with van der Waals surface area (Å²) in [7, 11) is -1.59. The van der Waals surface area contributed by atoms with E-state index in [1.807, 2.05) is 20.9 Å². The van der Waals surface area contributed by atoms with Crippen LogP contribution in [0.5, 0.6) is 5.75 Å². The first-order valence-corrected chi connectivity index (χ1v) is 8.41. The second-order valence-electron chi connectivity index (χ2n) is 4.56. The van der Waals surface area contributed by atoms with Gasteiger partial charge < -0.3 is 10.1 Å². The highest BCUT2D eigenvalue weighted by molar-refractivity contribution is 7.89. The summed E-state index contributed by atoms with van der Waals surface area (Å²) >= 11 is 0. The van der Waals surface area contributed by atoms with E-state index in [2.05, 4.69) is 10.0 Å². The van der Waals surface area contributed by atoms with E-state index in [-0.39, 0.29) is 10.9 Å². The van der Waals surface area contributed by atoms with Gasteiger partial charge in [-0.1, -0.05) is 13.8 Å². The summed E-state index contributed by atoms with van der Waals surface area (Å²) in [5, 5.41) is 2.98. The van der Waals surface area contributed by atoms with E-state index >= 15 is 0 Å². The molecule has 0 heterocycles. The Morgan fingerprint density at radius 2 is 1.75 bits per heavy atom. The molecule has 0 spiro atoms. The van der Waals surface area contributed by atoms with Gasteiger partial charge in [-0.2, -0.15) is 0 Å². The fourth-order valence-electron chi connectivity index (χ4n) is 1.73. The van der Waals surface area contributed by atoms with Crippen LogP contribution in [0, 0.1) is 0 Å². The van der Waals surface area contributed by atoms with Crippen LogP contribution in [0.2, 0.25) is 0 Å². The molecule has 0 atom stereocenters. The third-order valence-electron chi connectivity index (χ3n) is 3.06. The second-order valence-corrected chi connectivity index (χ2v) is 6.27. The molecule has 2 N–H and O–H groups in total. The first-order chi connectivity index (χ1) is 9.53. The summed E-state index contributed by atoms with van der Waals surface area (Å²) in [4.78, 5) is 0.269. The van der Waals surface area contributed by atoms with E-state index in [9.17, 15) is 8.42 Å². The van der Waals surface area contributed by atoms with Gasteiger partial charge in [0.05, 0.1) is 4.90 Å². The van der Waals surface area contributed by atoms with Gasteiger partial charge in [0.15, 0.2) is 0 Å². The molecular weight excluding hydrogens is 276 g/mol. The minimum Gasteiger partial charge on any atom is -0.492 e. The lowest BCUT2D eigenvalue weighted by atomic mass is 10.2. The number of ether oxygens (including phenoxy) is 1. The minimum absolute atomic E-state index is 0.0217. The Balaban J connectivity index is 2.71. The lowest BCUT2D eigenvalue weighted by Gasteiger charge is -2.15. The number of hydrogen-bond acceptors (Lipinski definition) is 4. The number of benzene rings is 1. The Labute approximate surface area is 121 Å². The quantitative estimate of drug-likeness (QED) is 0.682. The molecule has 0 unspecified atom stereocenters. The summed E-state index contributed by atoms with van der Waals surface area (Å²) in [6.45, 7) is 5.23. The smallest absolute Gasteiger partial charge is 0.240 e. The lowest BCUT2D eigenvalue weighted by Crippen LogP contribution is -2.33. The first-order valence-electron chi connectivity index (χ1n) is 6.93. The molecule has 0 bridgehead atoms. The molecule has 0 saturated carbocycles. The van der Waals surface area contributed by atoms with Crippen LogP contribution in [0.3, 0.4) is 0 Å². The molecule has 6 heteroatoms. The number of rotatable bonds is 9. The van der Waals surface area contributed by atoms with E-state index in [4.69, 9.17) is 4.74 Å². The summed E-state index contributed by atoms with van der Waals surface area (Å²) in [5.41, 5.74) is 0. The van der Waals surface area contributed by atoms with Crippen LogP contribution in [-0.2, 0) is 10.0 Å². The fourth-order valence-corrected chi connectivity index (χ4v) is 3.13. The third-order valence-corrected chi connectivity index (χ3v) is 4.60. The van der Waals surface area contributed by atoms with E-state index < -0.39 is 10.0 Å². The first kappa shape index (κ1) is 16.9. The molecule has 114 valence electrons. The van der Waals surface area contributed by atoms with Crippen LogP contribution in [0.25, 0.3) is 0 Å². The van der Waals surface area contributed by atoms with Crippen LogP contribution in [0.1, 0.15) is 26.7 Å². The van der Waals surface area contributed by atoms with Gasteiger partial charge in [0, 0.05) is 12.6 Å². The highest BCUT2D eigenvalue weighted by Crippen LogP contribution is 2.16. The molecule has 20 heavy (non-hydrogen) atoms. The molecule has 5 nitrogen and oxygen atoms in total. The van der Waals surface area contributed by atoms with Crippen LogP contribution >= 0.6 is 0 Å². The molecule has 0 aliphatic carbocycles. The zero-order valence-corrected chi connectivity index (χ0v) is 13.2. The van der Waals surface area contributed by atoms with Gasteiger partial charge in [-0.25, -0.2) is 13.1 Å². The molecule has 0 amide bonds. The van der Waals surface area contributed by atoms with Crippen molar-refractivity contribution in [3.05, 3.63) is 24.3 Å². The zero-order valence-electron chi connectivity index (χ0n) is 12.3. The average molecular weight is 300 g/mol. The van der Waals surface area contributed by atoms with E-state index in [0.717, 1.165) is 19.4 Å². The monoisotopic (exact) mass is 300 g/mol. The van der Waals surface area contributed by atoms with Crippen molar-refractivity contribution in [2.24, 2.45) is 0 Å². The molecule has 0 aliphatic heterocycles. The van der Waals surface area contributed by atoms with E-state index in [1.54, 1.807) is 24.3 Å². The highest BCUT2D eigenvalue weighted by Gasteiger charge is 2.17. The molecule has 1 aromatic carbocycles. The van der Waals surface area contributed by atoms with Crippen molar-refractivity contribution in [3.8, 4) is 5.75 Å². The molecular formula is C14H24N2O3S. The minimum atomic E-state index is -3.44.